The van der Waals surface area contributed by atoms with Crippen LogP contribution in [0, 0.1) is 6.92 Å². The number of rotatable bonds is 3. The molecule has 17 heavy (non-hydrogen) atoms. The third-order valence-corrected chi connectivity index (χ3v) is 2.84. The van der Waals surface area contributed by atoms with Crippen LogP contribution in [0.4, 0.5) is 5.82 Å². The summed E-state index contributed by atoms with van der Waals surface area (Å²) in [4.78, 5) is 11.8. The smallest absolute Gasteiger partial charge is 0.229 e. The molecular weight excluding hydrogens is 282 g/mol. The molecule has 0 saturated heterocycles. The van der Waals surface area contributed by atoms with Gasteiger partial charge in [-0.3, -0.25) is 9.89 Å². The number of anilines is 1. The number of aryl methyl sites for hydroxylation is 1. The van der Waals surface area contributed by atoms with Crippen molar-refractivity contribution in [2.24, 2.45) is 0 Å². The lowest BCUT2D eigenvalue weighted by Crippen LogP contribution is -2.15. The third-order valence-electron chi connectivity index (χ3n) is 2.35. The number of halogens is 1. The molecule has 0 saturated carbocycles. The van der Waals surface area contributed by atoms with E-state index in [2.05, 4.69) is 31.4 Å². The van der Waals surface area contributed by atoms with E-state index in [9.17, 15) is 4.79 Å². The average molecular weight is 294 g/mol. The van der Waals surface area contributed by atoms with Crippen molar-refractivity contribution in [3.63, 3.8) is 0 Å². The van der Waals surface area contributed by atoms with Crippen molar-refractivity contribution in [3.8, 4) is 0 Å². The number of nitrogens with zero attached hydrogens (tertiary/aromatic N) is 1. The van der Waals surface area contributed by atoms with E-state index >= 15 is 0 Å². The number of amides is 1. The molecule has 2 aromatic rings. The zero-order valence-corrected chi connectivity index (χ0v) is 10.9. The SMILES string of the molecule is Cc1cn[nH]c1NC(=O)Cc1cccc(Br)c1. The van der Waals surface area contributed by atoms with E-state index in [-0.39, 0.29) is 5.91 Å². The van der Waals surface area contributed by atoms with Crippen LogP contribution in [0.25, 0.3) is 0 Å². The van der Waals surface area contributed by atoms with E-state index in [0.717, 1.165) is 15.6 Å². The number of carbonyl (C=O) groups excluding carboxylic acids is 1. The van der Waals surface area contributed by atoms with Crippen molar-refractivity contribution < 1.29 is 4.79 Å². The van der Waals surface area contributed by atoms with Crippen molar-refractivity contribution in [3.05, 3.63) is 46.1 Å². The highest BCUT2D eigenvalue weighted by atomic mass is 79.9. The average Bonchev–Trinajstić information content (AvgIpc) is 2.64. The predicted octanol–water partition coefficient (Wildman–Crippen LogP) is 2.66. The molecule has 0 aliphatic rings. The first-order valence-electron chi connectivity index (χ1n) is 5.19. The molecule has 2 N–H and O–H groups in total. The second-order valence-electron chi connectivity index (χ2n) is 3.78. The Labute approximate surface area is 108 Å². The van der Waals surface area contributed by atoms with E-state index < -0.39 is 0 Å². The molecule has 0 aliphatic carbocycles. The number of benzene rings is 1. The van der Waals surface area contributed by atoms with E-state index in [1.807, 2.05) is 31.2 Å². The summed E-state index contributed by atoms with van der Waals surface area (Å²) in [6, 6.07) is 7.69. The molecule has 4 nitrogen and oxygen atoms in total. The summed E-state index contributed by atoms with van der Waals surface area (Å²) in [7, 11) is 0. The molecule has 1 heterocycles. The molecule has 0 spiro atoms. The maximum absolute atomic E-state index is 11.8. The van der Waals surface area contributed by atoms with Crippen LogP contribution in [0.15, 0.2) is 34.9 Å². The van der Waals surface area contributed by atoms with E-state index in [4.69, 9.17) is 0 Å². The van der Waals surface area contributed by atoms with Crippen LogP contribution in [0.2, 0.25) is 0 Å². The summed E-state index contributed by atoms with van der Waals surface area (Å²) in [5.74, 6) is 0.598. The first-order chi connectivity index (χ1) is 8.15. The molecule has 0 fully saturated rings. The minimum Gasteiger partial charge on any atom is -0.311 e. The van der Waals surface area contributed by atoms with Gasteiger partial charge in [-0.25, -0.2) is 0 Å². The zero-order chi connectivity index (χ0) is 12.3. The highest BCUT2D eigenvalue weighted by Crippen LogP contribution is 2.13. The molecule has 5 heteroatoms. The van der Waals surface area contributed by atoms with Gasteiger partial charge in [-0.2, -0.15) is 5.10 Å². The van der Waals surface area contributed by atoms with Crippen molar-refractivity contribution >= 4 is 27.7 Å². The Morgan fingerprint density at radius 1 is 1.53 bits per heavy atom. The van der Waals surface area contributed by atoms with Gasteiger partial charge in [0.15, 0.2) is 0 Å². The summed E-state index contributed by atoms with van der Waals surface area (Å²) in [6.07, 6.45) is 2.02. The Morgan fingerprint density at radius 3 is 3.00 bits per heavy atom. The van der Waals surface area contributed by atoms with Crippen LogP contribution >= 0.6 is 15.9 Å². The first-order valence-corrected chi connectivity index (χ1v) is 5.99. The van der Waals surface area contributed by atoms with Gasteiger partial charge in [0.2, 0.25) is 5.91 Å². The van der Waals surface area contributed by atoms with Gasteiger partial charge in [0, 0.05) is 10.0 Å². The molecule has 2 rings (SSSR count). The minimum absolute atomic E-state index is 0.0598. The number of nitrogens with one attached hydrogen (secondary N) is 2. The van der Waals surface area contributed by atoms with Crippen LogP contribution in [-0.2, 0) is 11.2 Å². The summed E-state index contributed by atoms with van der Waals surface area (Å²) >= 11 is 3.38. The van der Waals surface area contributed by atoms with Crippen molar-refractivity contribution in [1.29, 1.82) is 0 Å². The molecule has 1 aromatic heterocycles. The van der Waals surface area contributed by atoms with Crippen LogP contribution in [0.5, 0.6) is 0 Å². The van der Waals surface area contributed by atoms with Crippen LogP contribution < -0.4 is 5.32 Å². The fraction of sp³-hybridized carbons (Fsp3) is 0.167. The third kappa shape index (κ3) is 3.17. The number of aromatic nitrogens is 2. The summed E-state index contributed by atoms with van der Waals surface area (Å²) < 4.78 is 0.973. The van der Waals surface area contributed by atoms with Gasteiger partial charge in [0.1, 0.15) is 5.82 Å². The Morgan fingerprint density at radius 2 is 2.35 bits per heavy atom. The first kappa shape index (κ1) is 11.9. The van der Waals surface area contributed by atoms with Gasteiger partial charge < -0.3 is 5.32 Å². The maximum atomic E-state index is 11.8. The fourth-order valence-electron chi connectivity index (χ4n) is 1.49. The lowest BCUT2D eigenvalue weighted by molar-refractivity contribution is -0.115. The second kappa shape index (κ2) is 5.14. The van der Waals surface area contributed by atoms with Crippen LogP contribution in [0.3, 0.4) is 0 Å². The highest BCUT2D eigenvalue weighted by molar-refractivity contribution is 9.10. The molecule has 0 unspecified atom stereocenters. The van der Waals surface area contributed by atoms with Gasteiger partial charge >= 0.3 is 0 Å². The number of hydrogen-bond acceptors (Lipinski definition) is 2. The minimum atomic E-state index is -0.0598. The lowest BCUT2D eigenvalue weighted by Gasteiger charge is -2.04. The van der Waals surface area contributed by atoms with Crippen molar-refractivity contribution in [2.75, 3.05) is 5.32 Å². The Hall–Kier alpha value is -1.62. The molecule has 1 amide bonds. The standard InChI is InChI=1S/C12H12BrN3O/c1-8-7-14-16-12(8)15-11(17)6-9-3-2-4-10(13)5-9/h2-5,7H,6H2,1H3,(H2,14,15,16,17). The Kier molecular flexibility index (Phi) is 3.58. The Balaban J connectivity index is 2.01. The van der Waals surface area contributed by atoms with Crippen molar-refractivity contribution in [1.82, 2.24) is 10.2 Å². The maximum Gasteiger partial charge on any atom is 0.229 e. The Bertz CT molecular complexity index is 536. The molecular formula is C12H12BrN3O. The predicted molar refractivity (Wildman–Crippen MR) is 69.8 cm³/mol. The normalized spacial score (nSPS) is 10.2. The van der Waals surface area contributed by atoms with Gasteiger partial charge in [-0.1, -0.05) is 28.1 Å². The molecule has 0 atom stereocenters. The van der Waals surface area contributed by atoms with Gasteiger partial charge in [-0.15, -0.1) is 0 Å². The van der Waals surface area contributed by atoms with Crippen molar-refractivity contribution in [2.45, 2.75) is 13.3 Å². The molecule has 0 radical (unpaired) electrons. The van der Waals surface area contributed by atoms with E-state index in [0.29, 0.717) is 12.2 Å². The summed E-state index contributed by atoms with van der Waals surface area (Å²) in [5, 5.41) is 9.38. The second-order valence-corrected chi connectivity index (χ2v) is 4.70. The quantitative estimate of drug-likeness (QED) is 0.914. The molecule has 88 valence electrons. The highest BCUT2D eigenvalue weighted by Gasteiger charge is 2.07. The van der Waals surface area contributed by atoms with E-state index in [1.165, 1.54) is 0 Å². The van der Waals surface area contributed by atoms with Crippen LogP contribution in [-0.4, -0.2) is 16.1 Å². The lowest BCUT2D eigenvalue weighted by atomic mass is 10.1. The molecule has 0 bridgehead atoms. The van der Waals surface area contributed by atoms with E-state index in [1.54, 1.807) is 6.20 Å². The van der Waals surface area contributed by atoms with Crippen LogP contribution in [0.1, 0.15) is 11.1 Å². The van der Waals surface area contributed by atoms with Gasteiger partial charge in [-0.05, 0) is 24.6 Å². The largest absolute Gasteiger partial charge is 0.311 e. The fourth-order valence-corrected chi connectivity index (χ4v) is 1.94. The number of carbonyl (C=O) groups is 1. The number of aromatic amines is 1. The number of H-pyrrole nitrogens is 1. The molecule has 1 aromatic carbocycles. The monoisotopic (exact) mass is 293 g/mol. The zero-order valence-electron chi connectivity index (χ0n) is 9.33. The number of hydrogen-bond donors (Lipinski definition) is 2. The summed E-state index contributed by atoms with van der Waals surface area (Å²) in [6.45, 7) is 1.89. The summed E-state index contributed by atoms with van der Waals surface area (Å²) in [5.41, 5.74) is 1.89. The topological polar surface area (TPSA) is 57.8 Å². The molecule has 0 aliphatic heterocycles. The van der Waals surface area contributed by atoms with Gasteiger partial charge in [0.25, 0.3) is 0 Å². The van der Waals surface area contributed by atoms with Gasteiger partial charge in [0.05, 0.1) is 12.6 Å².